The standard InChI is InChI=1S/C18H25N5O3/c24-16(22-25)11-14(8-4-7-13-5-2-1-3-6-13)18-21-17(23-26-18)15-12-19-9-10-20-15/h9-10,12-14,25H,1-8,11H2,(H,22,24)/t14-/m1/s1. The van der Waals surface area contributed by atoms with Crippen LogP contribution in [0.25, 0.3) is 11.5 Å². The maximum absolute atomic E-state index is 11.7. The van der Waals surface area contributed by atoms with Gasteiger partial charge in [0.15, 0.2) is 0 Å². The van der Waals surface area contributed by atoms with Gasteiger partial charge in [-0.15, -0.1) is 0 Å². The molecule has 140 valence electrons. The quantitative estimate of drug-likeness (QED) is 0.549. The van der Waals surface area contributed by atoms with E-state index in [0.29, 0.717) is 17.4 Å². The van der Waals surface area contributed by atoms with Crippen molar-refractivity contribution in [2.24, 2.45) is 5.92 Å². The molecule has 1 atom stereocenters. The summed E-state index contributed by atoms with van der Waals surface area (Å²) >= 11 is 0. The predicted octanol–water partition coefficient (Wildman–Crippen LogP) is 3.26. The lowest BCUT2D eigenvalue weighted by molar-refractivity contribution is -0.129. The molecule has 0 radical (unpaired) electrons. The number of amides is 1. The molecule has 8 heteroatoms. The first-order valence-corrected chi connectivity index (χ1v) is 9.29. The molecule has 0 saturated heterocycles. The van der Waals surface area contributed by atoms with Gasteiger partial charge < -0.3 is 4.52 Å². The van der Waals surface area contributed by atoms with Crippen LogP contribution in [-0.2, 0) is 4.79 Å². The van der Waals surface area contributed by atoms with Crippen molar-refractivity contribution in [3.8, 4) is 11.5 Å². The molecule has 0 aromatic carbocycles. The molecule has 1 aliphatic rings. The third-order valence-corrected chi connectivity index (χ3v) is 5.03. The number of carbonyl (C=O) groups excluding carboxylic acids is 1. The minimum absolute atomic E-state index is 0.114. The summed E-state index contributed by atoms with van der Waals surface area (Å²) in [6.07, 6.45) is 14.3. The van der Waals surface area contributed by atoms with Crippen molar-refractivity contribution in [3.05, 3.63) is 24.5 Å². The van der Waals surface area contributed by atoms with Gasteiger partial charge in [-0.3, -0.25) is 15.0 Å². The van der Waals surface area contributed by atoms with Crippen molar-refractivity contribution in [2.45, 2.75) is 63.7 Å². The highest BCUT2D eigenvalue weighted by atomic mass is 16.5. The Balaban J connectivity index is 1.63. The summed E-state index contributed by atoms with van der Waals surface area (Å²) in [7, 11) is 0. The zero-order chi connectivity index (χ0) is 18.2. The average Bonchev–Trinajstić information content (AvgIpc) is 3.19. The zero-order valence-electron chi connectivity index (χ0n) is 14.8. The van der Waals surface area contributed by atoms with Gasteiger partial charge in [0.2, 0.25) is 17.6 Å². The number of hydroxylamine groups is 1. The molecule has 0 spiro atoms. The molecule has 26 heavy (non-hydrogen) atoms. The van der Waals surface area contributed by atoms with Crippen LogP contribution >= 0.6 is 0 Å². The molecule has 3 rings (SSSR count). The minimum Gasteiger partial charge on any atom is -0.339 e. The van der Waals surface area contributed by atoms with Crippen molar-refractivity contribution in [3.63, 3.8) is 0 Å². The summed E-state index contributed by atoms with van der Waals surface area (Å²) in [5.74, 6) is 0.872. The molecule has 2 N–H and O–H groups in total. The Morgan fingerprint density at radius 3 is 2.88 bits per heavy atom. The van der Waals surface area contributed by atoms with E-state index in [2.05, 4.69) is 20.1 Å². The van der Waals surface area contributed by atoms with Crippen LogP contribution in [0.5, 0.6) is 0 Å². The largest absolute Gasteiger partial charge is 0.339 e. The minimum atomic E-state index is -0.452. The van der Waals surface area contributed by atoms with E-state index in [-0.39, 0.29) is 12.3 Å². The Hall–Kier alpha value is -2.35. The van der Waals surface area contributed by atoms with Crippen LogP contribution in [-0.4, -0.2) is 31.2 Å². The Morgan fingerprint density at radius 1 is 1.31 bits per heavy atom. The Labute approximate surface area is 152 Å². The predicted molar refractivity (Wildman–Crippen MR) is 93.0 cm³/mol. The first-order valence-electron chi connectivity index (χ1n) is 9.29. The van der Waals surface area contributed by atoms with E-state index in [1.54, 1.807) is 24.1 Å². The molecule has 0 aliphatic heterocycles. The van der Waals surface area contributed by atoms with E-state index in [1.165, 1.54) is 32.1 Å². The number of aromatic nitrogens is 4. The third kappa shape index (κ3) is 5.08. The van der Waals surface area contributed by atoms with E-state index in [1.807, 2.05) is 0 Å². The normalized spacial score (nSPS) is 16.3. The lowest BCUT2D eigenvalue weighted by Crippen LogP contribution is -2.21. The van der Waals surface area contributed by atoms with Gasteiger partial charge in [0.05, 0.1) is 6.20 Å². The van der Waals surface area contributed by atoms with Gasteiger partial charge in [0.25, 0.3) is 0 Å². The smallest absolute Gasteiger partial charge is 0.244 e. The number of nitrogens with one attached hydrogen (secondary N) is 1. The zero-order valence-corrected chi connectivity index (χ0v) is 14.8. The van der Waals surface area contributed by atoms with Gasteiger partial charge in [-0.1, -0.05) is 50.1 Å². The monoisotopic (exact) mass is 359 g/mol. The van der Waals surface area contributed by atoms with Crippen molar-refractivity contribution in [2.75, 3.05) is 0 Å². The van der Waals surface area contributed by atoms with Gasteiger partial charge in [-0.05, 0) is 12.3 Å². The number of carbonyl (C=O) groups is 1. The number of nitrogens with zero attached hydrogens (tertiary/aromatic N) is 4. The van der Waals surface area contributed by atoms with Crippen molar-refractivity contribution < 1.29 is 14.5 Å². The summed E-state index contributed by atoms with van der Waals surface area (Å²) in [6, 6.07) is 0. The summed E-state index contributed by atoms with van der Waals surface area (Å²) in [4.78, 5) is 24.2. The lowest BCUT2D eigenvalue weighted by atomic mass is 9.84. The first-order chi connectivity index (χ1) is 12.8. The van der Waals surface area contributed by atoms with Crippen LogP contribution in [0, 0.1) is 5.92 Å². The lowest BCUT2D eigenvalue weighted by Gasteiger charge is -2.22. The highest BCUT2D eigenvalue weighted by Gasteiger charge is 2.24. The number of rotatable bonds is 8. The van der Waals surface area contributed by atoms with Gasteiger partial charge in [-0.25, -0.2) is 10.5 Å². The average molecular weight is 359 g/mol. The molecular weight excluding hydrogens is 334 g/mol. The summed E-state index contributed by atoms with van der Waals surface area (Å²) in [6.45, 7) is 0. The third-order valence-electron chi connectivity index (χ3n) is 5.03. The highest BCUT2D eigenvalue weighted by Crippen LogP contribution is 2.31. The van der Waals surface area contributed by atoms with Crippen LogP contribution < -0.4 is 5.48 Å². The Morgan fingerprint density at radius 2 is 2.15 bits per heavy atom. The van der Waals surface area contributed by atoms with Crippen LogP contribution in [0.4, 0.5) is 0 Å². The maximum Gasteiger partial charge on any atom is 0.244 e. The molecule has 0 unspecified atom stereocenters. The van der Waals surface area contributed by atoms with E-state index >= 15 is 0 Å². The molecule has 2 aromatic heterocycles. The van der Waals surface area contributed by atoms with Crippen molar-refractivity contribution >= 4 is 5.91 Å². The second-order valence-electron chi connectivity index (χ2n) is 6.92. The van der Waals surface area contributed by atoms with Gasteiger partial charge in [0, 0.05) is 24.7 Å². The summed E-state index contributed by atoms with van der Waals surface area (Å²) in [5, 5.41) is 12.8. The fourth-order valence-electron chi connectivity index (χ4n) is 3.63. The molecule has 1 amide bonds. The van der Waals surface area contributed by atoms with E-state index in [4.69, 9.17) is 9.73 Å². The summed E-state index contributed by atoms with van der Waals surface area (Å²) < 4.78 is 5.38. The molecule has 0 bridgehead atoms. The fraction of sp³-hybridized carbons (Fsp3) is 0.611. The second-order valence-corrected chi connectivity index (χ2v) is 6.92. The van der Waals surface area contributed by atoms with Crippen molar-refractivity contribution in [1.82, 2.24) is 25.6 Å². The van der Waals surface area contributed by atoms with Crippen LogP contribution in [0.1, 0.15) is 69.6 Å². The van der Waals surface area contributed by atoms with Gasteiger partial charge >= 0.3 is 0 Å². The fourth-order valence-corrected chi connectivity index (χ4v) is 3.63. The molecule has 1 saturated carbocycles. The Bertz CT molecular complexity index is 685. The topological polar surface area (TPSA) is 114 Å². The molecule has 1 fully saturated rings. The first kappa shape index (κ1) is 18.4. The Kier molecular flexibility index (Phi) is 6.65. The number of hydrogen-bond acceptors (Lipinski definition) is 7. The maximum atomic E-state index is 11.7. The molecule has 8 nitrogen and oxygen atoms in total. The number of hydrogen-bond donors (Lipinski definition) is 2. The molecule has 2 aromatic rings. The van der Waals surface area contributed by atoms with Crippen molar-refractivity contribution in [1.29, 1.82) is 0 Å². The molecule has 2 heterocycles. The van der Waals surface area contributed by atoms with Gasteiger partial charge in [0.1, 0.15) is 5.69 Å². The van der Waals surface area contributed by atoms with E-state index in [0.717, 1.165) is 25.2 Å². The second kappa shape index (κ2) is 9.38. The van der Waals surface area contributed by atoms with Crippen LogP contribution in [0.3, 0.4) is 0 Å². The van der Waals surface area contributed by atoms with Crippen LogP contribution in [0.2, 0.25) is 0 Å². The SMILES string of the molecule is O=C(C[C@@H](CCCC1CCCCC1)c1nc(-c2cnccn2)no1)NO. The molecule has 1 aliphatic carbocycles. The van der Waals surface area contributed by atoms with E-state index in [9.17, 15) is 4.79 Å². The summed E-state index contributed by atoms with van der Waals surface area (Å²) in [5.41, 5.74) is 2.22. The molecular formula is C18H25N5O3. The van der Waals surface area contributed by atoms with Crippen LogP contribution in [0.15, 0.2) is 23.1 Å². The van der Waals surface area contributed by atoms with Gasteiger partial charge in [-0.2, -0.15) is 4.98 Å². The highest BCUT2D eigenvalue weighted by molar-refractivity contribution is 5.75. The van der Waals surface area contributed by atoms with E-state index < -0.39 is 5.91 Å².